The second-order valence-corrected chi connectivity index (χ2v) is 5.40. The highest BCUT2D eigenvalue weighted by Crippen LogP contribution is 2.34. The molecule has 0 aromatic heterocycles. The van der Waals surface area contributed by atoms with Crippen molar-refractivity contribution in [3.05, 3.63) is 58.1 Å². The molecule has 114 valence electrons. The number of hydrogen-bond acceptors (Lipinski definition) is 6. The SMILES string of the molecule is CCOC(=O)c1ccc(Sc2ccc(O)c([N+](=O)[O-])c2)cc1. The third-order valence-electron chi connectivity index (χ3n) is 2.74. The van der Waals surface area contributed by atoms with Gasteiger partial charge in [-0.2, -0.15) is 0 Å². The quantitative estimate of drug-likeness (QED) is 0.514. The van der Waals surface area contributed by atoms with Crippen molar-refractivity contribution in [1.82, 2.24) is 0 Å². The predicted molar refractivity (Wildman–Crippen MR) is 81.3 cm³/mol. The van der Waals surface area contributed by atoms with Gasteiger partial charge in [-0.1, -0.05) is 11.8 Å². The summed E-state index contributed by atoms with van der Waals surface area (Å²) in [6.45, 7) is 2.05. The number of carbonyl (C=O) groups is 1. The first-order valence-electron chi connectivity index (χ1n) is 6.43. The third kappa shape index (κ3) is 3.76. The molecule has 1 N–H and O–H groups in total. The van der Waals surface area contributed by atoms with E-state index in [4.69, 9.17) is 4.74 Å². The molecule has 2 aromatic rings. The van der Waals surface area contributed by atoms with Crippen LogP contribution in [0.1, 0.15) is 17.3 Å². The number of nitro benzene ring substituents is 1. The van der Waals surface area contributed by atoms with Crippen LogP contribution in [0.3, 0.4) is 0 Å². The van der Waals surface area contributed by atoms with Crippen molar-refractivity contribution < 1.29 is 19.6 Å². The maximum atomic E-state index is 11.5. The smallest absolute Gasteiger partial charge is 0.338 e. The van der Waals surface area contributed by atoms with E-state index in [2.05, 4.69) is 0 Å². The minimum Gasteiger partial charge on any atom is -0.502 e. The van der Waals surface area contributed by atoms with Crippen LogP contribution in [0.2, 0.25) is 0 Å². The highest BCUT2D eigenvalue weighted by molar-refractivity contribution is 7.99. The summed E-state index contributed by atoms with van der Waals surface area (Å²) in [6.07, 6.45) is 0. The summed E-state index contributed by atoms with van der Waals surface area (Å²) >= 11 is 1.29. The van der Waals surface area contributed by atoms with Crippen molar-refractivity contribution in [1.29, 1.82) is 0 Å². The lowest BCUT2D eigenvalue weighted by Crippen LogP contribution is -2.03. The molecule has 22 heavy (non-hydrogen) atoms. The van der Waals surface area contributed by atoms with Gasteiger partial charge in [-0.05, 0) is 43.3 Å². The van der Waals surface area contributed by atoms with Gasteiger partial charge in [0.25, 0.3) is 0 Å². The average molecular weight is 319 g/mol. The summed E-state index contributed by atoms with van der Waals surface area (Å²) in [7, 11) is 0. The van der Waals surface area contributed by atoms with Crippen molar-refractivity contribution in [3.63, 3.8) is 0 Å². The number of esters is 1. The van der Waals surface area contributed by atoms with Crippen molar-refractivity contribution >= 4 is 23.4 Å². The molecule has 0 radical (unpaired) electrons. The molecule has 0 fully saturated rings. The zero-order chi connectivity index (χ0) is 16.1. The normalized spacial score (nSPS) is 10.2. The minimum absolute atomic E-state index is 0.312. The van der Waals surface area contributed by atoms with Crippen molar-refractivity contribution in [2.75, 3.05) is 6.61 Å². The van der Waals surface area contributed by atoms with Gasteiger partial charge >= 0.3 is 11.7 Å². The lowest BCUT2D eigenvalue weighted by atomic mass is 10.2. The van der Waals surface area contributed by atoms with Gasteiger partial charge in [-0.25, -0.2) is 4.79 Å². The monoisotopic (exact) mass is 319 g/mol. The molecule has 2 aromatic carbocycles. The summed E-state index contributed by atoms with van der Waals surface area (Å²) in [4.78, 5) is 23.1. The summed E-state index contributed by atoms with van der Waals surface area (Å²) in [5.41, 5.74) is 0.107. The number of phenolic OH excluding ortho intramolecular Hbond substituents is 1. The van der Waals surface area contributed by atoms with E-state index < -0.39 is 4.92 Å². The van der Waals surface area contributed by atoms with Crippen LogP contribution in [0.5, 0.6) is 5.75 Å². The van der Waals surface area contributed by atoms with Gasteiger partial charge in [0.05, 0.1) is 17.1 Å². The minimum atomic E-state index is -0.636. The van der Waals surface area contributed by atoms with Crippen LogP contribution in [0, 0.1) is 10.1 Å². The number of aromatic hydroxyl groups is 1. The van der Waals surface area contributed by atoms with Gasteiger partial charge in [0.2, 0.25) is 0 Å². The zero-order valence-electron chi connectivity index (χ0n) is 11.7. The fourth-order valence-electron chi connectivity index (χ4n) is 1.72. The number of phenols is 1. The Hall–Kier alpha value is -2.54. The van der Waals surface area contributed by atoms with Gasteiger partial charge in [0, 0.05) is 15.9 Å². The average Bonchev–Trinajstić information content (AvgIpc) is 2.50. The third-order valence-corrected chi connectivity index (χ3v) is 3.74. The molecule has 0 bridgehead atoms. The van der Waals surface area contributed by atoms with Crippen molar-refractivity contribution in [2.24, 2.45) is 0 Å². The van der Waals surface area contributed by atoms with E-state index in [9.17, 15) is 20.0 Å². The second kappa shape index (κ2) is 6.95. The first-order chi connectivity index (χ1) is 10.5. The maximum Gasteiger partial charge on any atom is 0.338 e. The Morgan fingerprint density at radius 1 is 1.23 bits per heavy atom. The Morgan fingerprint density at radius 2 is 1.86 bits per heavy atom. The summed E-state index contributed by atoms with van der Waals surface area (Å²) in [6, 6.07) is 10.9. The Balaban J connectivity index is 2.16. The van der Waals surface area contributed by atoms with Crippen molar-refractivity contribution in [2.45, 2.75) is 16.7 Å². The van der Waals surface area contributed by atoms with Crippen LogP contribution >= 0.6 is 11.8 Å². The van der Waals surface area contributed by atoms with E-state index in [1.54, 1.807) is 37.3 Å². The highest BCUT2D eigenvalue weighted by atomic mass is 32.2. The second-order valence-electron chi connectivity index (χ2n) is 4.25. The Labute approximate surface area is 130 Å². The van der Waals surface area contributed by atoms with Crippen LogP contribution in [0.25, 0.3) is 0 Å². The molecule has 0 aliphatic heterocycles. The highest BCUT2D eigenvalue weighted by Gasteiger charge is 2.14. The molecule has 0 spiro atoms. The number of nitrogens with zero attached hydrogens (tertiary/aromatic N) is 1. The van der Waals surface area contributed by atoms with Gasteiger partial charge < -0.3 is 9.84 Å². The topological polar surface area (TPSA) is 89.7 Å². The first kappa shape index (κ1) is 15.8. The maximum absolute atomic E-state index is 11.5. The van der Waals surface area contributed by atoms with E-state index in [1.165, 1.54) is 23.9 Å². The molecule has 0 aliphatic rings. The Morgan fingerprint density at radius 3 is 2.45 bits per heavy atom. The van der Waals surface area contributed by atoms with E-state index in [1.807, 2.05) is 0 Å². The van der Waals surface area contributed by atoms with Crippen LogP contribution in [0.4, 0.5) is 5.69 Å². The largest absolute Gasteiger partial charge is 0.502 e. The number of benzene rings is 2. The van der Waals surface area contributed by atoms with Gasteiger partial charge in [0.15, 0.2) is 5.75 Å². The molecular weight excluding hydrogens is 306 g/mol. The summed E-state index contributed by atoms with van der Waals surface area (Å²) in [5, 5.41) is 20.2. The Kier molecular flexibility index (Phi) is 5.00. The lowest BCUT2D eigenvalue weighted by Gasteiger charge is -2.05. The standard InChI is InChI=1S/C15H13NO5S/c1-2-21-15(18)10-3-5-11(6-4-10)22-12-7-8-14(17)13(9-12)16(19)20/h3-9,17H,2H2,1H3. The number of ether oxygens (including phenoxy) is 1. The molecule has 7 heteroatoms. The molecule has 0 heterocycles. The molecule has 0 atom stereocenters. The number of nitro groups is 1. The number of carbonyl (C=O) groups excluding carboxylic acids is 1. The lowest BCUT2D eigenvalue weighted by molar-refractivity contribution is -0.386. The molecule has 6 nitrogen and oxygen atoms in total. The van der Waals surface area contributed by atoms with E-state index >= 15 is 0 Å². The molecule has 0 unspecified atom stereocenters. The zero-order valence-corrected chi connectivity index (χ0v) is 12.5. The van der Waals surface area contributed by atoms with Gasteiger partial charge in [-0.3, -0.25) is 10.1 Å². The fourth-order valence-corrected chi connectivity index (χ4v) is 2.57. The molecule has 0 amide bonds. The Bertz CT molecular complexity index is 700. The van der Waals surface area contributed by atoms with E-state index in [0.717, 1.165) is 4.90 Å². The molecule has 0 saturated carbocycles. The molecular formula is C15H13NO5S. The van der Waals surface area contributed by atoms with Crippen LogP contribution in [-0.4, -0.2) is 22.6 Å². The van der Waals surface area contributed by atoms with Gasteiger partial charge in [-0.15, -0.1) is 0 Å². The molecule has 2 rings (SSSR count). The summed E-state index contributed by atoms with van der Waals surface area (Å²) < 4.78 is 4.89. The fraction of sp³-hybridized carbons (Fsp3) is 0.133. The van der Waals surface area contributed by atoms with Gasteiger partial charge in [0.1, 0.15) is 0 Å². The number of rotatable bonds is 5. The van der Waals surface area contributed by atoms with Crippen LogP contribution in [-0.2, 0) is 4.74 Å². The van der Waals surface area contributed by atoms with E-state index in [0.29, 0.717) is 17.1 Å². The van der Waals surface area contributed by atoms with Crippen LogP contribution < -0.4 is 0 Å². The van der Waals surface area contributed by atoms with Crippen LogP contribution in [0.15, 0.2) is 52.3 Å². The predicted octanol–water partition coefficient (Wildman–Crippen LogP) is 3.63. The number of hydrogen-bond donors (Lipinski definition) is 1. The van der Waals surface area contributed by atoms with E-state index in [-0.39, 0.29) is 17.4 Å². The first-order valence-corrected chi connectivity index (χ1v) is 7.25. The summed E-state index contributed by atoms with van der Waals surface area (Å²) in [5.74, 6) is -0.758. The molecule has 0 saturated heterocycles. The molecule has 0 aliphatic carbocycles. The van der Waals surface area contributed by atoms with Crippen molar-refractivity contribution in [3.8, 4) is 5.75 Å².